The summed E-state index contributed by atoms with van der Waals surface area (Å²) in [5, 5.41) is 5.85. The van der Waals surface area contributed by atoms with Crippen LogP contribution in [0.1, 0.15) is 0 Å². The van der Waals surface area contributed by atoms with E-state index in [2.05, 4.69) is 206 Å². The van der Waals surface area contributed by atoms with Crippen molar-refractivity contribution in [1.82, 2.24) is 19.9 Å². The second-order valence-corrected chi connectivity index (χ2v) is 15.0. The van der Waals surface area contributed by atoms with E-state index in [1.165, 1.54) is 21.9 Å². The Hall–Kier alpha value is -8.08. The van der Waals surface area contributed by atoms with Gasteiger partial charge in [-0.3, -0.25) is 0 Å². The molecule has 0 aliphatic heterocycles. The van der Waals surface area contributed by atoms with Gasteiger partial charge in [0.15, 0.2) is 17.5 Å². The number of nitrogens with zero attached hydrogens (tertiary/aromatic N) is 4. The van der Waals surface area contributed by atoms with Crippen molar-refractivity contribution in [3.63, 3.8) is 0 Å². The summed E-state index contributed by atoms with van der Waals surface area (Å²) < 4.78 is 0. The van der Waals surface area contributed by atoms with E-state index in [1.807, 2.05) is 12.1 Å². The molecule has 11 rings (SSSR count). The molecule has 0 aliphatic rings. The van der Waals surface area contributed by atoms with Gasteiger partial charge in [0.1, 0.15) is 0 Å². The zero-order valence-electron chi connectivity index (χ0n) is 32.6. The van der Waals surface area contributed by atoms with Crippen LogP contribution in [0.5, 0.6) is 0 Å². The van der Waals surface area contributed by atoms with Crippen LogP contribution in [0.25, 0.3) is 111 Å². The molecule has 0 saturated heterocycles. The van der Waals surface area contributed by atoms with Crippen molar-refractivity contribution < 1.29 is 0 Å². The number of hydrogen-bond donors (Lipinski definition) is 0. The van der Waals surface area contributed by atoms with Gasteiger partial charge in [-0.15, -0.1) is 0 Å². The van der Waals surface area contributed by atoms with E-state index < -0.39 is 0 Å². The molecular formula is C56H36N4. The van der Waals surface area contributed by atoms with Crippen LogP contribution < -0.4 is 0 Å². The zero-order valence-corrected chi connectivity index (χ0v) is 32.6. The lowest BCUT2D eigenvalue weighted by Crippen LogP contribution is -2.00. The molecule has 4 nitrogen and oxygen atoms in total. The van der Waals surface area contributed by atoms with E-state index in [4.69, 9.17) is 19.9 Å². The number of benzene rings is 9. The Morgan fingerprint density at radius 1 is 0.217 bits per heavy atom. The van der Waals surface area contributed by atoms with E-state index in [9.17, 15) is 0 Å². The molecule has 0 aliphatic carbocycles. The predicted octanol–water partition coefficient (Wildman–Crippen LogP) is 14.4. The van der Waals surface area contributed by atoms with Crippen LogP contribution >= 0.6 is 0 Å². The van der Waals surface area contributed by atoms with Gasteiger partial charge in [0, 0.05) is 38.4 Å². The Kier molecular flexibility index (Phi) is 8.79. The highest BCUT2D eigenvalue weighted by molar-refractivity contribution is 6.18. The summed E-state index contributed by atoms with van der Waals surface area (Å²) in [4.78, 5) is 20.5. The van der Waals surface area contributed by atoms with Crippen molar-refractivity contribution in [2.75, 3.05) is 0 Å². The van der Waals surface area contributed by atoms with Crippen LogP contribution in [0.4, 0.5) is 0 Å². The number of pyridine rings is 1. The van der Waals surface area contributed by atoms with Crippen LogP contribution in [0, 0.1) is 0 Å². The molecule has 0 unspecified atom stereocenters. The molecule has 9 aromatic carbocycles. The quantitative estimate of drug-likeness (QED) is 0.152. The van der Waals surface area contributed by atoms with Crippen LogP contribution in [0.2, 0.25) is 0 Å². The average Bonchev–Trinajstić information content (AvgIpc) is 3.34. The Morgan fingerprint density at radius 2 is 0.617 bits per heavy atom. The third-order valence-corrected chi connectivity index (χ3v) is 11.3. The van der Waals surface area contributed by atoms with Crippen LogP contribution in [-0.2, 0) is 0 Å². The van der Waals surface area contributed by atoms with Gasteiger partial charge in [-0.1, -0.05) is 212 Å². The number of fused-ring (bicyclic) bond motifs is 5. The third-order valence-electron chi connectivity index (χ3n) is 11.3. The van der Waals surface area contributed by atoms with Crippen molar-refractivity contribution in [2.24, 2.45) is 0 Å². The van der Waals surface area contributed by atoms with Crippen molar-refractivity contribution in [3.05, 3.63) is 218 Å². The molecule has 0 fully saturated rings. The standard InChI is InChI=1S/C56H36N4/c1-3-12-37(13-4-1)39-22-28-43(29-23-39)54-58-55(44-30-24-40(25-31-44)38-14-5-2-6-15-38)60-56(59-54)45-32-26-41(27-33-45)46-17-11-18-47(36-46)52-50-21-10-9-20-49(50)51-35-34-42-16-7-8-19-48(42)53(51)57-52/h1-36H. The number of rotatable bonds is 7. The number of hydrogen-bond acceptors (Lipinski definition) is 4. The molecule has 0 atom stereocenters. The van der Waals surface area contributed by atoms with Gasteiger partial charge in [-0.25, -0.2) is 19.9 Å². The summed E-state index contributed by atoms with van der Waals surface area (Å²) in [5.41, 5.74) is 12.7. The van der Waals surface area contributed by atoms with Gasteiger partial charge in [-0.2, -0.15) is 0 Å². The van der Waals surface area contributed by atoms with Crippen LogP contribution in [0.15, 0.2) is 218 Å². The van der Waals surface area contributed by atoms with Gasteiger partial charge in [0.2, 0.25) is 0 Å². The molecule has 2 heterocycles. The summed E-state index contributed by atoms with van der Waals surface area (Å²) in [6.07, 6.45) is 0. The van der Waals surface area contributed by atoms with Crippen molar-refractivity contribution in [2.45, 2.75) is 0 Å². The maximum absolute atomic E-state index is 5.37. The van der Waals surface area contributed by atoms with Gasteiger partial charge in [-0.05, 0) is 50.2 Å². The first-order chi connectivity index (χ1) is 29.7. The first-order valence-corrected chi connectivity index (χ1v) is 20.2. The topological polar surface area (TPSA) is 51.6 Å². The fourth-order valence-corrected chi connectivity index (χ4v) is 8.22. The van der Waals surface area contributed by atoms with E-state index in [0.29, 0.717) is 17.5 Å². The maximum Gasteiger partial charge on any atom is 0.164 e. The van der Waals surface area contributed by atoms with Gasteiger partial charge >= 0.3 is 0 Å². The monoisotopic (exact) mass is 764 g/mol. The fourth-order valence-electron chi connectivity index (χ4n) is 8.22. The molecule has 4 heteroatoms. The van der Waals surface area contributed by atoms with E-state index in [0.717, 1.165) is 71.9 Å². The van der Waals surface area contributed by atoms with Crippen molar-refractivity contribution in [3.8, 4) is 78.8 Å². The first-order valence-electron chi connectivity index (χ1n) is 20.2. The van der Waals surface area contributed by atoms with Crippen molar-refractivity contribution >= 4 is 32.4 Å². The molecule has 0 spiro atoms. The van der Waals surface area contributed by atoms with Crippen LogP contribution in [0.3, 0.4) is 0 Å². The summed E-state index contributed by atoms with van der Waals surface area (Å²) in [6.45, 7) is 0. The van der Waals surface area contributed by atoms with Gasteiger partial charge in [0.25, 0.3) is 0 Å². The normalized spacial score (nSPS) is 11.3. The van der Waals surface area contributed by atoms with Crippen LogP contribution in [-0.4, -0.2) is 19.9 Å². The third kappa shape index (κ3) is 6.56. The molecule has 0 saturated carbocycles. The minimum absolute atomic E-state index is 0.619. The zero-order chi connectivity index (χ0) is 39.8. The Balaban J connectivity index is 0.968. The largest absolute Gasteiger partial charge is 0.246 e. The Labute approximate surface area is 348 Å². The summed E-state index contributed by atoms with van der Waals surface area (Å²) >= 11 is 0. The molecule has 280 valence electrons. The minimum Gasteiger partial charge on any atom is -0.246 e. The lowest BCUT2D eigenvalue weighted by molar-refractivity contribution is 1.07. The Morgan fingerprint density at radius 3 is 1.17 bits per heavy atom. The highest BCUT2D eigenvalue weighted by atomic mass is 15.0. The predicted molar refractivity (Wildman–Crippen MR) is 248 cm³/mol. The van der Waals surface area contributed by atoms with Gasteiger partial charge in [0.05, 0.1) is 11.2 Å². The molecule has 0 amide bonds. The second-order valence-electron chi connectivity index (χ2n) is 15.0. The molecule has 2 aromatic heterocycles. The maximum atomic E-state index is 5.37. The lowest BCUT2D eigenvalue weighted by Gasteiger charge is -2.13. The Bertz CT molecular complexity index is 3220. The lowest BCUT2D eigenvalue weighted by atomic mass is 9.95. The summed E-state index contributed by atoms with van der Waals surface area (Å²) in [5.74, 6) is 1.87. The number of aromatic nitrogens is 4. The molecule has 11 aromatic rings. The molecule has 0 radical (unpaired) electrons. The van der Waals surface area contributed by atoms with Crippen molar-refractivity contribution in [1.29, 1.82) is 0 Å². The minimum atomic E-state index is 0.619. The average molecular weight is 765 g/mol. The van der Waals surface area contributed by atoms with E-state index in [1.54, 1.807) is 0 Å². The molecule has 60 heavy (non-hydrogen) atoms. The summed E-state index contributed by atoms with van der Waals surface area (Å²) in [7, 11) is 0. The molecule has 0 N–H and O–H groups in total. The highest BCUT2D eigenvalue weighted by Gasteiger charge is 2.16. The fraction of sp³-hybridized carbons (Fsp3) is 0. The second kappa shape index (κ2) is 15.0. The molecular weight excluding hydrogens is 729 g/mol. The first kappa shape index (κ1) is 35.1. The van der Waals surface area contributed by atoms with E-state index in [-0.39, 0.29) is 0 Å². The van der Waals surface area contributed by atoms with Gasteiger partial charge < -0.3 is 0 Å². The highest BCUT2D eigenvalue weighted by Crippen LogP contribution is 2.37. The SMILES string of the molecule is c1ccc(-c2ccc(-c3nc(-c4ccc(-c5ccccc5)cc4)nc(-c4ccc(-c5cccc(-c6nc7c8ccccc8ccc7c7ccccc67)c5)cc4)n3)cc2)cc1. The summed E-state index contributed by atoms with van der Waals surface area (Å²) in [6, 6.07) is 76.4. The van der Waals surface area contributed by atoms with E-state index >= 15 is 0 Å². The smallest absolute Gasteiger partial charge is 0.164 e. The molecule has 0 bridgehead atoms.